The minimum Gasteiger partial charge on any atom is -0.487 e. The number of hydrogen-bond donors (Lipinski definition) is 1. The number of sulfonamides is 1. The monoisotopic (exact) mass is 424 g/mol. The van der Waals surface area contributed by atoms with Gasteiger partial charge in [-0.15, -0.1) is 0 Å². The molecule has 1 amide bonds. The van der Waals surface area contributed by atoms with Gasteiger partial charge in [0.25, 0.3) is 5.91 Å². The summed E-state index contributed by atoms with van der Waals surface area (Å²) < 4.78 is 36.2. The van der Waals surface area contributed by atoms with Gasteiger partial charge in [-0.1, -0.05) is 23.7 Å². The number of anilines is 2. The molecule has 1 aliphatic heterocycles. The molecule has 2 aromatic carbocycles. The average molecular weight is 425 g/mol. The molecule has 1 aliphatic rings. The van der Waals surface area contributed by atoms with E-state index in [0.717, 1.165) is 0 Å². The maximum Gasteiger partial charge on any atom is 0.255 e. The van der Waals surface area contributed by atoms with Gasteiger partial charge in [-0.2, -0.15) is 0 Å². The molecular formula is C19H21ClN2O5S. The number of hydrogen-bond acceptors (Lipinski definition) is 5. The van der Waals surface area contributed by atoms with Crippen LogP contribution in [0, 0.1) is 0 Å². The van der Waals surface area contributed by atoms with Crippen LogP contribution in [0.1, 0.15) is 16.8 Å². The Bertz CT molecular complexity index is 965. The first-order valence-electron chi connectivity index (χ1n) is 8.74. The Kier molecular flexibility index (Phi) is 6.43. The standard InChI is InChI=1S/C19H21ClN2O5S/c1-26-10-11-27-18-16(20)7-3-8-17(18)21-19(23)14-5-2-6-15(13-14)22-9-4-12-28(22,24)25/h2-3,5-8,13H,4,9-12H2,1H3,(H,21,23). The molecule has 0 radical (unpaired) electrons. The molecule has 1 heterocycles. The Hall–Kier alpha value is -2.29. The van der Waals surface area contributed by atoms with Crippen LogP contribution in [0.15, 0.2) is 42.5 Å². The summed E-state index contributed by atoms with van der Waals surface area (Å²) >= 11 is 6.19. The van der Waals surface area contributed by atoms with E-state index in [0.29, 0.717) is 47.3 Å². The van der Waals surface area contributed by atoms with Crippen molar-refractivity contribution in [2.24, 2.45) is 0 Å². The zero-order valence-corrected chi connectivity index (χ0v) is 16.9. The number of carbonyl (C=O) groups is 1. The van der Waals surface area contributed by atoms with E-state index in [1.54, 1.807) is 49.6 Å². The molecule has 2 aromatic rings. The van der Waals surface area contributed by atoms with Crippen molar-refractivity contribution in [3.8, 4) is 5.75 Å². The smallest absolute Gasteiger partial charge is 0.255 e. The number of halogens is 1. The summed E-state index contributed by atoms with van der Waals surface area (Å²) in [5.74, 6) is 0.0823. The highest BCUT2D eigenvalue weighted by atomic mass is 35.5. The molecule has 0 bridgehead atoms. The third kappa shape index (κ3) is 4.57. The minimum absolute atomic E-state index is 0.119. The zero-order chi connectivity index (χ0) is 20.1. The van der Waals surface area contributed by atoms with Crippen LogP contribution < -0.4 is 14.4 Å². The number of ether oxygens (including phenoxy) is 2. The van der Waals surface area contributed by atoms with Gasteiger partial charge in [0, 0.05) is 19.2 Å². The minimum atomic E-state index is -3.31. The number of methoxy groups -OCH3 is 1. The maximum absolute atomic E-state index is 12.7. The lowest BCUT2D eigenvalue weighted by Crippen LogP contribution is -2.25. The van der Waals surface area contributed by atoms with E-state index in [1.165, 1.54) is 4.31 Å². The van der Waals surface area contributed by atoms with E-state index in [4.69, 9.17) is 21.1 Å². The number of rotatable bonds is 7. The van der Waals surface area contributed by atoms with Gasteiger partial charge in [0.05, 0.1) is 28.8 Å². The topological polar surface area (TPSA) is 84.9 Å². The van der Waals surface area contributed by atoms with Crippen molar-refractivity contribution in [3.05, 3.63) is 53.1 Å². The van der Waals surface area contributed by atoms with Crippen LogP contribution in [0.3, 0.4) is 0 Å². The van der Waals surface area contributed by atoms with Crippen molar-refractivity contribution in [1.29, 1.82) is 0 Å². The molecule has 150 valence electrons. The second kappa shape index (κ2) is 8.81. The van der Waals surface area contributed by atoms with E-state index in [-0.39, 0.29) is 12.4 Å². The second-order valence-corrected chi connectivity index (χ2v) is 8.62. The van der Waals surface area contributed by atoms with Gasteiger partial charge >= 0.3 is 0 Å². The van der Waals surface area contributed by atoms with Crippen molar-refractivity contribution in [2.75, 3.05) is 42.2 Å². The van der Waals surface area contributed by atoms with Gasteiger partial charge in [-0.3, -0.25) is 9.10 Å². The first-order valence-corrected chi connectivity index (χ1v) is 10.7. The molecule has 7 nitrogen and oxygen atoms in total. The van der Waals surface area contributed by atoms with Gasteiger partial charge < -0.3 is 14.8 Å². The van der Waals surface area contributed by atoms with Crippen LogP contribution in [0.4, 0.5) is 11.4 Å². The summed E-state index contributed by atoms with van der Waals surface area (Å²) in [6, 6.07) is 11.6. The van der Waals surface area contributed by atoms with Crippen molar-refractivity contribution < 1.29 is 22.7 Å². The van der Waals surface area contributed by atoms with Gasteiger partial charge in [-0.25, -0.2) is 8.42 Å². The highest BCUT2D eigenvalue weighted by molar-refractivity contribution is 7.93. The van der Waals surface area contributed by atoms with Crippen molar-refractivity contribution in [3.63, 3.8) is 0 Å². The van der Waals surface area contributed by atoms with Crippen molar-refractivity contribution >= 4 is 38.9 Å². The molecule has 9 heteroatoms. The summed E-state index contributed by atoms with van der Waals surface area (Å²) in [5.41, 5.74) is 1.24. The molecule has 28 heavy (non-hydrogen) atoms. The van der Waals surface area contributed by atoms with Gasteiger partial charge in [0.2, 0.25) is 10.0 Å². The third-order valence-electron chi connectivity index (χ3n) is 4.24. The van der Waals surface area contributed by atoms with Crippen LogP contribution in [-0.4, -0.2) is 46.9 Å². The molecule has 1 N–H and O–H groups in total. The van der Waals surface area contributed by atoms with Crippen LogP contribution in [0.2, 0.25) is 5.02 Å². The quantitative estimate of drug-likeness (QED) is 0.690. The molecule has 0 aliphatic carbocycles. The molecule has 3 rings (SSSR count). The predicted molar refractivity (Wildman–Crippen MR) is 109 cm³/mol. The number of nitrogens with zero attached hydrogens (tertiary/aromatic N) is 1. The fraction of sp³-hybridized carbons (Fsp3) is 0.316. The number of amides is 1. The number of benzene rings is 2. The molecule has 0 aromatic heterocycles. The highest BCUT2D eigenvalue weighted by Crippen LogP contribution is 2.33. The van der Waals surface area contributed by atoms with Crippen LogP contribution in [-0.2, 0) is 14.8 Å². The molecule has 0 saturated carbocycles. The summed E-state index contributed by atoms with van der Waals surface area (Å²) in [7, 11) is -1.75. The number of para-hydroxylation sites is 1. The van der Waals surface area contributed by atoms with Crippen LogP contribution >= 0.6 is 11.6 Å². The lowest BCUT2D eigenvalue weighted by molar-refractivity contribution is 0.102. The Labute approximate surface area is 169 Å². The van der Waals surface area contributed by atoms with E-state index < -0.39 is 15.9 Å². The summed E-state index contributed by atoms with van der Waals surface area (Å²) in [5, 5.41) is 3.14. The number of carbonyl (C=O) groups excluding carboxylic acids is 1. The zero-order valence-electron chi connectivity index (χ0n) is 15.4. The molecule has 0 spiro atoms. The second-order valence-electron chi connectivity index (χ2n) is 6.20. The van der Waals surface area contributed by atoms with E-state index >= 15 is 0 Å². The highest BCUT2D eigenvalue weighted by Gasteiger charge is 2.28. The first-order chi connectivity index (χ1) is 13.4. The Morgan fingerprint density at radius 2 is 2.00 bits per heavy atom. The predicted octanol–water partition coefficient (Wildman–Crippen LogP) is 3.16. The van der Waals surface area contributed by atoms with Gasteiger partial charge in [0.15, 0.2) is 5.75 Å². The first kappa shape index (κ1) is 20.4. The van der Waals surface area contributed by atoms with Gasteiger partial charge in [0.1, 0.15) is 6.61 Å². The molecule has 1 saturated heterocycles. The van der Waals surface area contributed by atoms with Crippen LogP contribution in [0.25, 0.3) is 0 Å². The normalized spacial score (nSPS) is 15.4. The maximum atomic E-state index is 12.7. The molecule has 0 atom stereocenters. The average Bonchev–Trinajstić information content (AvgIpc) is 3.03. The Morgan fingerprint density at radius 1 is 1.21 bits per heavy atom. The third-order valence-corrected chi connectivity index (χ3v) is 6.41. The largest absolute Gasteiger partial charge is 0.487 e. The summed E-state index contributed by atoms with van der Waals surface area (Å²) in [4.78, 5) is 12.7. The Morgan fingerprint density at radius 3 is 2.71 bits per heavy atom. The fourth-order valence-electron chi connectivity index (χ4n) is 2.91. The van der Waals surface area contributed by atoms with Crippen molar-refractivity contribution in [2.45, 2.75) is 6.42 Å². The molecule has 1 fully saturated rings. The van der Waals surface area contributed by atoms with Crippen LogP contribution in [0.5, 0.6) is 5.75 Å². The molecular weight excluding hydrogens is 404 g/mol. The lowest BCUT2D eigenvalue weighted by Gasteiger charge is -2.18. The summed E-state index contributed by atoms with van der Waals surface area (Å²) in [6.45, 7) is 1.08. The SMILES string of the molecule is COCCOc1c(Cl)cccc1NC(=O)c1cccc(N2CCCS2(=O)=O)c1. The lowest BCUT2D eigenvalue weighted by atomic mass is 10.1. The molecule has 0 unspecified atom stereocenters. The summed E-state index contributed by atoms with van der Waals surface area (Å²) in [6.07, 6.45) is 0.573. The van der Waals surface area contributed by atoms with E-state index in [9.17, 15) is 13.2 Å². The Balaban J connectivity index is 1.81. The fourth-order valence-corrected chi connectivity index (χ4v) is 4.69. The van der Waals surface area contributed by atoms with E-state index in [2.05, 4.69) is 5.32 Å². The van der Waals surface area contributed by atoms with Crippen molar-refractivity contribution in [1.82, 2.24) is 0 Å². The number of nitrogens with one attached hydrogen (secondary N) is 1. The van der Waals surface area contributed by atoms with E-state index in [1.807, 2.05) is 0 Å². The van der Waals surface area contributed by atoms with Gasteiger partial charge in [-0.05, 0) is 36.8 Å².